The summed E-state index contributed by atoms with van der Waals surface area (Å²) in [6.45, 7) is 3.46. The van der Waals surface area contributed by atoms with E-state index in [1.54, 1.807) is 0 Å². The number of carboxylic acid groups (broad SMARTS) is 1. The first kappa shape index (κ1) is 12.5. The lowest BCUT2D eigenvalue weighted by Crippen LogP contribution is -2.19. The molecule has 16 heavy (non-hydrogen) atoms. The van der Waals surface area contributed by atoms with E-state index in [0.29, 0.717) is 0 Å². The minimum Gasteiger partial charge on any atom is -0.478 e. The Kier molecular flexibility index (Phi) is 4.76. The quantitative estimate of drug-likeness (QED) is 0.440. The number of carboxylic acids is 1. The van der Waals surface area contributed by atoms with Gasteiger partial charge in [0.05, 0.1) is 12.5 Å². The van der Waals surface area contributed by atoms with Crippen LogP contribution in [0.5, 0.6) is 0 Å². The van der Waals surface area contributed by atoms with Crippen LogP contribution in [0.25, 0.3) is 0 Å². The first-order chi connectivity index (χ1) is 7.61. The molecule has 0 amide bonds. The van der Waals surface area contributed by atoms with Crippen molar-refractivity contribution in [3.05, 3.63) is 24.3 Å². The second kappa shape index (κ2) is 6.10. The Morgan fingerprint density at radius 1 is 1.44 bits per heavy atom. The standard InChI is InChI=1S/C12H16O4/c1-9(11(13)14)7-8-16-12(15)10-5-3-2-4-6-10/h2-3,10H,1,4-8H2,(H,13,14). The van der Waals surface area contributed by atoms with Gasteiger partial charge in [0.15, 0.2) is 0 Å². The fourth-order valence-electron chi connectivity index (χ4n) is 1.51. The van der Waals surface area contributed by atoms with Crippen LogP contribution >= 0.6 is 0 Å². The predicted octanol–water partition coefficient (Wildman–Crippen LogP) is 1.92. The lowest BCUT2D eigenvalue weighted by Gasteiger charge is -2.16. The van der Waals surface area contributed by atoms with Crippen molar-refractivity contribution in [2.24, 2.45) is 5.92 Å². The third-order valence-corrected chi connectivity index (χ3v) is 2.55. The highest BCUT2D eigenvalue weighted by atomic mass is 16.5. The fraction of sp³-hybridized carbons (Fsp3) is 0.500. The van der Waals surface area contributed by atoms with E-state index in [4.69, 9.17) is 9.84 Å². The van der Waals surface area contributed by atoms with Crippen LogP contribution in [0.1, 0.15) is 25.7 Å². The smallest absolute Gasteiger partial charge is 0.331 e. The minimum atomic E-state index is -1.04. The molecular weight excluding hydrogens is 208 g/mol. The number of hydrogen-bond acceptors (Lipinski definition) is 3. The van der Waals surface area contributed by atoms with Crippen molar-refractivity contribution in [2.75, 3.05) is 6.61 Å². The SMILES string of the molecule is C=C(CCOC(=O)C1CC=CCC1)C(=O)O. The molecule has 1 aliphatic rings. The number of esters is 1. The molecule has 0 aromatic heterocycles. The van der Waals surface area contributed by atoms with E-state index in [0.717, 1.165) is 19.3 Å². The summed E-state index contributed by atoms with van der Waals surface area (Å²) in [6.07, 6.45) is 6.65. The molecule has 0 saturated heterocycles. The van der Waals surface area contributed by atoms with E-state index < -0.39 is 5.97 Å². The Hall–Kier alpha value is -1.58. The zero-order chi connectivity index (χ0) is 12.0. The van der Waals surface area contributed by atoms with Crippen molar-refractivity contribution in [3.63, 3.8) is 0 Å². The number of hydrogen-bond donors (Lipinski definition) is 1. The van der Waals surface area contributed by atoms with Gasteiger partial charge in [-0.25, -0.2) is 4.79 Å². The van der Waals surface area contributed by atoms with Gasteiger partial charge in [0, 0.05) is 12.0 Å². The van der Waals surface area contributed by atoms with Crippen molar-refractivity contribution >= 4 is 11.9 Å². The maximum atomic E-state index is 11.5. The van der Waals surface area contributed by atoms with Gasteiger partial charge in [-0.3, -0.25) is 4.79 Å². The third kappa shape index (κ3) is 3.88. The highest BCUT2D eigenvalue weighted by Gasteiger charge is 2.20. The van der Waals surface area contributed by atoms with Crippen molar-refractivity contribution < 1.29 is 19.4 Å². The molecule has 0 aromatic rings. The van der Waals surface area contributed by atoms with Crippen LogP contribution in [0.3, 0.4) is 0 Å². The normalized spacial score (nSPS) is 19.1. The molecule has 1 rings (SSSR count). The molecule has 0 saturated carbocycles. The van der Waals surface area contributed by atoms with Crippen molar-refractivity contribution in [2.45, 2.75) is 25.7 Å². The maximum absolute atomic E-state index is 11.5. The average molecular weight is 224 g/mol. The van der Waals surface area contributed by atoms with E-state index in [9.17, 15) is 9.59 Å². The first-order valence-electron chi connectivity index (χ1n) is 5.34. The van der Waals surface area contributed by atoms with Crippen molar-refractivity contribution in [1.29, 1.82) is 0 Å². The molecule has 1 aliphatic carbocycles. The monoisotopic (exact) mass is 224 g/mol. The highest BCUT2D eigenvalue weighted by Crippen LogP contribution is 2.19. The van der Waals surface area contributed by atoms with Crippen LogP contribution in [0, 0.1) is 5.92 Å². The molecule has 0 spiro atoms. The zero-order valence-electron chi connectivity index (χ0n) is 9.15. The molecule has 0 radical (unpaired) electrons. The lowest BCUT2D eigenvalue weighted by molar-refractivity contribution is -0.149. The van der Waals surface area contributed by atoms with E-state index in [2.05, 4.69) is 12.7 Å². The number of ether oxygens (including phenoxy) is 1. The number of carbonyl (C=O) groups excluding carboxylic acids is 1. The van der Waals surface area contributed by atoms with Gasteiger partial charge in [0.1, 0.15) is 0 Å². The van der Waals surface area contributed by atoms with Crippen LogP contribution in [0.4, 0.5) is 0 Å². The molecule has 1 N–H and O–H groups in total. The maximum Gasteiger partial charge on any atom is 0.331 e. The summed E-state index contributed by atoms with van der Waals surface area (Å²) in [5, 5.41) is 8.55. The largest absolute Gasteiger partial charge is 0.478 e. The fourth-order valence-corrected chi connectivity index (χ4v) is 1.51. The second-order valence-electron chi connectivity index (χ2n) is 3.81. The minimum absolute atomic E-state index is 0.0661. The molecule has 1 unspecified atom stereocenters. The molecule has 0 fully saturated rings. The summed E-state index contributed by atoms with van der Waals surface area (Å²) in [5.41, 5.74) is 0.0661. The van der Waals surface area contributed by atoms with Gasteiger partial charge in [0.2, 0.25) is 0 Å². The van der Waals surface area contributed by atoms with Crippen LogP contribution in [-0.2, 0) is 14.3 Å². The Morgan fingerprint density at radius 3 is 2.75 bits per heavy atom. The molecule has 0 aliphatic heterocycles. The Bertz CT molecular complexity index is 317. The summed E-state index contributed by atoms with van der Waals surface area (Å²) in [5.74, 6) is -1.35. The number of rotatable bonds is 5. The average Bonchev–Trinajstić information content (AvgIpc) is 2.29. The molecule has 0 aromatic carbocycles. The first-order valence-corrected chi connectivity index (χ1v) is 5.34. The predicted molar refractivity (Wildman–Crippen MR) is 58.8 cm³/mol. The number of aliphatic carboxylic acids is 1. The van der Waals surface area contributed by atoms with Crippen LogP contribution < -0.4 is 0 Å². The highest BCUT2D eigenvalue weighted by molar-refractivity contribution is 5.85. The van der Waals surface area contributed by atoms with Gasteiger partial charge in [-0.1, -0.05) is 18.7 Å². The third-order valence-electron chi connectivity index (χ3n) is 2.55. The van der Waals surface area contributed by atoms with Gasteiger partial charge < -0.3 is 9.84 Å². The molecule has 0 heterocycles. The summed E-state index contributed by atoms with van der Waals surface area (Å²) < 4.78 is 5.01. The Balaban J connectivity index is 2.22. The summed E-state index contributed by atoms with van der Waals surface area (Å²) in [6, 6.07) is 0. The molecule has 4 heteroatoms. The molecular formula is C12H16O4. The zero-order valence-corrected chi connectivity index (χ0v) is 9.15. The van der Waals surface area contributed by atoms with Gasteiger partial charge in [-0.15, -0.1) is 0 Å². The molecule has 0 bridgehead atoms. The van der Waals surface area contributed by atoms with E-state index in [1.807, 2.05) is 6.08 Å². The molecule has 1 atom stereocenters. The van der Waals surface area contributed by atoms with Crippen molar-refractivity contribution in [3.8, 4) is 0 Å². The van der Waals surface area contributed by atoms with E-state index in [-0.39, 0.29) is 30.5 Å². The van der Waals surface area contributed by atoms with Crippen molar-refractivity contribution in [1.82, 2.24) is 0 Å². The van der Waals surface area contributed by atoms with Gasteiger partial charge >= 0.3 is 11.9 Å². The van der Waals surface area contributed by atoms with Crippen LogP contribution in [0.2, 0.25) is 0 Å². The lowest BCUT2D eigenvalue weighted by atomic mass is 9.95. The van der Waals surface area contributed by atoms with Crippen LogP contribution in [-0.4, -0.2) is 23.7 Å². The van der Waals surface area contributed by atoms with Gasteiger partial charge in [-0.2, -0.15) is 0 Å². The van der Waals surface area contributed by atoms with E-state index >= 15 is 0 Å². The molecule has 4 nitrogen and oxygen atoms in total. The Morgan fingerprint density at radius 2 is 2.19 bits per heavy atom. The summed E-state index contributed by atoms with van der Waals surface area (Å²) >= 11 is 0. The number of carbonyl (C=O) groups is 2. The second-order valence-corrected chi connectivity index (χ2v) is 3.81. The molecule has 88 valence electrons. The Labute approximate surface area is 94.6 Å². The van der Waals surface area contributed by atoms with E-state index in [1.165, 1.54) is 0 Å². The topological polar surface area (TPSA) is 63.6 Å². The summed E-state index contributed by atoms with van der Waals surface area (Å²) in [7, 11) is 0. The number of allylic oxidation sites excluding steroid dienone is 2. The van der Waals surface area contributed by atoms with Gasteiger partial charge in [-0.05, 0) is 19.3 Å². The summed E-state index contributed by atoms with van der Waals surface area (Å²) in [4.78, 5) is 21.9. The van der Waals surface area contributed by atoms with Crippen LogP contribution in [0.15, 0.2) is 24.3 Å². The van der Waals surface area contributed by atoms with Gasteiger partial charge in [0.25, 0.3) is 0 Å².